The van der Waals surface area contributed by atoms with Crippen molar-refractivity contribution in [1.82, 2.24) is 9.97 Å². The molecule has 2 nitrogen and oxygen atoms in total. The molecule has 0 amide bonds. The Labute approximate surface area is 153 Å². The summed E-state index contributed by atoms with van der Waals surface area (Å²) in [5, 5.41) is 2.60. The number of H-pyrrole nitrogens is 2. The van der Waals surface area contributed by atoms with Crippen LogP contribution in [0.25, 0.3) is 21.8 Å². The first-order valence-electron chi connectivity index (χ1n) is 8.93. The molecule has 0 unspecified atom stereocenters. The van der Waals surface area contributed by atoms with Crippen molar-refractivity contribution in [2.75, 3.05) is 0 Å². The minimum atomic E-state index is 0.997. The second-order valence-electron chi connectivity index (χ2n) is 6.53. The fourth-order valence-corrected chi connectivity index (χ4v) is 3.29. The van der Waals surface area contributed by atoms with Crippen molar-refractivity contribution in [2.45, 2.75) is 13.3 Å². The predicted octanol–water partition coefficient (Wildman–Crippen LogP) is 6.24. The van der Waals surface area contributed by atoms with E-state index < -0.39 is 0 Å². The summed E-state index contributed by atoms with van der Waals surface area (Å²) in [6.45, 7) is 2.17. The van der Waals surface area contributed by atoms with E-state index in [0.29, 0.717) is 0 Å². The molecule has 0 aliphatic rings. The zero-order valence-corrected chi connectivity index (χ0v) is 14.9. The van der Waals surface area contributed by atoms with Gasteiger partial charge in [0.05, 0.1) is 0 Å². The Balaban J connectivity index is 0.000000157. The van der Waals surface area contributed by atoms with Crippen LogP contribution in [0, 0.1) is 6.92 Å². The summed E-state index contributed by atoms with van der Waals surface area (Å²) in [7, 11) is 0. The van der Waals surface area contributed by atoms with Crippen LogP contribution >= 0.6 is 0 Å². The lowest BCUT2D eigenvalue weighted by Gasteiger charge is -2.04. The molecule has 2 aromatic heterocycles. The standard InChI is InChI=1S/C16H15N.C8H7N/c1-12-6-2-3-7-13(12)10-14-11-17-16-9-5-4-8-15(14)16;1-2-4-8-7(3-1)5-6-9-8/h2-9,11,17H,10H2,1H3;1-6,9H. The fourth-order valence-electron chi connectivity index (χ4n) is 3.29. The number of aromatic nitrogens is 2. The van der Waals surface area contributed by atoms with Gasteiger partial charge in [-0.15, -0.1) is 0 Å². The summed E-state index contributed by atoms with van der Waals surface area (Å²) in [6.07, 6.45) is 5.07. The van der Waals surface area contributed by atoms with Gasteiger partial charge in [-0.3, -0.25) is 0 Å². The molecule has 5 aromatic rings. The van der Waals surface area contributed by atoms with Gasteiger partial charge in [-0.1, -0.05) is 60.7 Å². The monoisotopic (exact) mass is 338 g/mol. The van der Waals surface area contributed by atoms with Crippen LogP contribution in [0.3, 0.4) is 0 Å². The Hall–Kier alpha value is -3.26. The first-order valence-corrected chi connectivity index (χ1v) is 8.93. The average Bonchev–Trinajstić information content (AvgIpc) is 3.31. The number of nitrogens with one attached hydrogen (secondary N) is 2. The van der Waals surface area contributed by atoms with Crippen molar-refractivity contribution >= 4 is 21.8 Å². The Kier molecular flexibility index (Phi) is 4.57. The number of hydrogen-bond acceptors (Lipinski definition) is 0. The van der Waals surface area contributed by atoms with Crippen LogP contribution in [-0.2, 0) is 6.42 Å². The highest BCUT2D eigenvalue weighted by Crippen LogP contribution is 2.21. The third kappa shape index (κ3) is 3.40. The van der Waals surface area contributed by atoms with Crippen molar-refractivity contribution in [2.24, 2.45) is 0 Å². The minimum Gasteiger partial charge on any atom is -0.361 e. The van der Waals surface area contributed by atoms with E-state index in [4.69, 9.17) is 0 Å². The molecular formula is C24H22N2. The Morgan fingerprint density at radius 3 is 2.23 bits per heavy atom. The van der Waals surface area contributed by atoms with Gasteiger partial charge in [-0.25, -0.2) is 0 Å². The van der Waals surface area contributed by atoms with Gasteiger partial charge in [0.25, 0.3) is 0 Å². The lowest BCUT2D eigenvalue weighted by molar-refractivity contribution is 1.17. The summed E-state index contributed by atoms with van der Waals surface area (Å²) in [5.74, 6) is 0. The van der Waals surface area contributed by atoms with Gasteiger partial charge in [-0.05, 0) is 53.6 Å². The maximum atomic E-state index is 3.33. The van der Waals surface area contributed by atoms with Crippen LogP contribution in [-0.4, -0.2) is 9.97 Å². The molecule has 128 valence electrons. The van der Waals surface area contributed by atoms with Crippen molar-refractivity contribution < 1.29 is 0 Å². The Morgan fingerprint density at radius 1 is 0.654 bits per heavy atom. The molecule has 2 heteroatoms. The normalized spacial score (nSPS) is 10.7. The van der Waals surface area contributed by atoms with Gasteiger partial charge in [0, 0.05) is 28.8 Å². The van der Waals surface area contributed by atoms with Gasteiger partial charge in [0.2, 0.25) is 0 Å². The molecule has 0 atom stereocenters. The lowest BCUT2D eigenvalue weighted by atomic mass is 10.0. The summed E-state index contributed by atoms with van der Waals surface area (Å²) in [6, 6.07) is 27.3. The van der Waals surface area contributed by atoms with E-state index in [2.05, 4.69) is 89.8 Å². The molecule has 0 fully saturated rings. The van der Waals surface area contributed by atoms with Crippen molar-refractivity contribution in [3.63, 3.8) is 0 Å². The third-order valence-electron chi connectivity index (χ3n) is 4.78. The van der Waals surface area contributed by atoms with Crippen molar-refractivity contribution in [1.29, 1.82) is 0 Å². The van der Waals surface area contributed by atoms with Crippen LogP contribution in [0.2, 0.25) is 0 Å². The number of fused-ring (bicyclic) bond motifs is 2. The Bertz CT molecular complexity index is 1100. The molecule has 0 aliphatic heterocycles. The molecule has 0 saturated heterocycles. The first-order chi connectivity index (χ1) is 12.8. The molecule has 3 aromatic carbocycles. The number of hydrogen-bond donors (Lipinski definition) is 2. The Morgan fingerprint density at radius 2 is 1.38 bits per heavy atom. The number of aryl methyl sites for hydroxylation is 1. The van der Waals surface area contributed by atoms with E-state index in [1.807, 2.05) is 18.3 Å². The minimum absolute atomic E-state index is 0.997. The van der Waals surface area contributed by atoms with Crippen LogP contribution in [0.5, 0.6) is 0 Å². The molecule has 26 heavy (non-hydrogen) atoms. The number of benzene rings is 3. The molecule has 0 aliphatic carbocycles. The number of rotatable bonds is 2. The molecule has 0 saturated carbocycles. The predicted molar refractivity (Wildman–Crippen MR) is 111 cm³/mol. The lowest BCUT2D eigenvalue weighted by Crippen LogP contribution is -1.89. The topological polar surface area (TPSA) is 31.6 Å². The average molecular weight is 338 g/mol. The smallest absolute Gasteiger partial charge is 0.0456 e. The van der Waals surface area contributed by atoms with E-state index in [-0.39, 0.29) is 0 Å². The van der Waals surface area contributed by atoms with Crippen LogP contribution in [0.4, 0.5) is 0 Å². The van der Waals surface area contributed by atoms with Crippen LogP contribution in [0.15, 0.2) is 91.3 Å². The molecule has 5 rings (SSSR count). The van der Waals surface area contributed by atoms with Crippen LogP contribution in [0.1, 0.15) is 16.7 Å². The highest BCUT2D eigenvalue weighted by Gasteiger charge is 2.05. The zero-order valence-electron chi connectivity index (χ0n) is 14.9. The van der Waals surface area contributed by atoms with Crippen molar-refractivity contribution in [3.05, 3.63) is 108 Å². The number of aromatic amines is 2. The summed E-state index contributed by atoms with van der Waals surface area (Å²) in [5.41, 5.74) is 6.55. The second kappa shape index (κ2) is 7.32. The quantitative estimate of drug-likeness (QED) is 0.382. The van der Waals surface area contributed by atoms with Gasteiger partial charge in [0.15, 0.2) is 0 Å². The van der Waals surface area contributed by atoms with E-state index in [9.17, 15) is 0 Å². The fraction of sp³-hybridized carbons (Fsp3) is 0.0833. The van der Waals surface area contributed by atoms with Gasteiger partial charge < -0.3 is 9.97 Å². The summed E-state index contributed by atoms with van der Waals surface area (Å²) in [4.78, 5) is 6.45. The maximum Gasteiger partial charge on any atom is 0.0456 e. The van der Waals surface area contributed by atoms with E-state index in [1.165, 1.54) is 38.5 Å². The first kappa shape index (κ1) is 16.2. The summed E-state index contributed by atoms with van der Waals surface area (Å²) >= 11 is 0. The van der Waals surface area contributed by atoms with Crippen molar-refractivity contribution in [3.8, 4) is 0 Å². The highest BCUT2D eigenvalue weighted by molar-refractivity contribution is 5.83. The highest BCUT2D eigenvalue weighted by atomic mass is 14.7. The molecular weight excluding hydrogens is 316 g/mol. The van der Waals surface area contributed by atoms with E-state index in [0.717, 1.165) is 6.42 Å². The van der Waals surface area contributed by atoms with Gasteiger partial charge in [0.1, 0.15) is 0 Å². The van der Waals surface area contributed by atoms with Gasteiger partial charge in [-0.2, -0.15) is 0 Å². The maximum absolute atomic E-state index is 3.33. The van der Waals surface area contributed by atoms with E-state index >= 15 is 0 Å². The number of para-hydroxylation sites is 2. The molecule has 0 spiro atoms. The third-order valence-corrected chi connectivity index (χ3v) is 4.78. The molecule has 2 heterocycles. The van der Waals surface area contributed by atoms with Crippen LogP contribution < -0.4 is 0 Å². The summed E-state index contributed by atoms with van der Waals surface area (Å²) < 4.78 is 0. The molecule has 0 bridgehead atoms. The van der Waals surface area contributed by atoms with Gasteiger partial charge >= 0.3 is 0 Å². The second-order valence-corrected chi connectivity index (χ2v) is 6.53. The SMILES string of the molecule is Cc1ccccc1Cc1c[nH]c2ccccc12.c1ccc2[nH]ccc2c1. The molecule has 0 radical (unpaired) electrons. The molecule has 2 N–H and O–H groups in total. The largest absolute Gasteiger partial charge is 0.361 e. The van der Waals surface area contributed by atoms with E-state index in [1.54, 1.807) is 0 Å². The zero-order chi connectivity index (χ0) is 17.8.